The maximum absolute atomic E-state index is 14.4. The van der Waals surface area contributed by atoms with E-state index in [4.69, 9.17) is 28.4 Å². The van der Waals surface area contributed by atoms with Gasteiger partial charge in [0.15, 0.2) is 17.1 Å². The van der Waals surface area contributed by atoms with Crippen molar-refractivity contribution in [2.45, 2.75) is 23.9 Å². The lowest BCUT2D eigenvalue weighted by Gasteiger charge is -2.40. The van der Waals surface area contributed by atoms with Gasteiger partial charge in [0.1, 0.15) is 17.3 Å². The third kappa shape index (κ3) is 5.08. The predicted molar refractivity (Wildman–Crippen MR) is 191 cm³/mol. The third-order valence-electron chi connectivity index (χ3n) is 10.2. The van der Waals surface area contributed by atoms with Crippen molar-refractivity contribution in [1.29, 1.82) is 5.26 Å². The first-order chi connectivity index (χ1) is 24.4. The molecule has 1 unspecified atom stereocenters. The molecule has 0 saturated carbocycles. The second kappa shape index (κ2) is 13.2. The van der Waals surface area contributed by atoms with Crippen LogP contribution in [-0.2, 0) is 20.5 Å². The van der Waals surface area contributed by atoms with Gasteiger partial charge in [0.05, 0.1) is 33.0 Å². The lowest BCUT2D eigenvalue weighted by Crippen LogP contribution is -2.36. The number of fused-ring (bicyclic) bond motifs is 8. The molecular weight excluding hydrogens is 633 g/mol. The maximum Gasteiger partial charge on any atom is 0.178 e. The summed E-state index contributed by atoms with van der Waals surface area (Å²) in [6.45, 7) is 0.960. The van der Waals surface area contributed by atoms with E-state index in [1.807, 2.05) is 54.6 Å². The molecule has 1 aliphatic carbocycles. The highest BCUT2D eigenvalue weighted by molar-refractivity contribution is 6.09. The van der Waals surface area contributed by atoms with E-state index >= 15 is 0 Å². The van der Waals surface area contributed by atoms with Gasteiger partial charge in [-0.15, -0.1) is 0 Å². The molecule has 7 nitrogen and oxygen atoms in total. The molecule has 0 spiro atoms. The first-order valence-electron chi connectivity index (χ1n) is 16.5. The molecule has 7 rings (SSSR count). The third-order valence-corrected chi connectivity index (χ3v) is 10.2. The summed E-state index contributed by atoms with van der Waals surface area (Å²) >= 11 is 0. The summed E-state index contributed by atoms with van der Waals surface area (Å²) in [4.78, 5) is 0. The Morgan fingerprint density at radius 1 is 0.740 bits per heavy atom. The first kappa shape index (κ1) is 33.2. The summed E-state index contributed by atoms with van der Waals surface area (Å²) in [5.74, 6) is 2.15. The fourth-order valence-electron chi connectivity index (χ4n) is 7.82. The van der Waals surface area contributed by atoms with Crippen LogP contribution in [0, 0.1) is 17.1 Å². The van der Waals surface area contributed by atoms with Crippen LogP contribution in [0.15, 0.2) is 84.9 Å². The van der Waals surface area contributed by atoms with Crippen LogP contribution in [0.5, 0.6) is 23.0 Å². The molecule has 1 heterocycles. The van der Waals surface area contributed by atoms with Crippen LogP contribution in [0.25, 0.3) is 28.0 Å². The second-order valence-corrected chi connectivity index (χ2v) is 12.6. The van der Waals surface area contributed by atoms with E-state index in [9.17, 15) is 9.65 Å². The van der Waals surface area contributed by atoms with Gasteiger partial charge >= 0.3 is 0 Å². The van der Waals surface area contributed by atoms with Crippen molar-refractivity contribution in [2.75, 3.05) is 48.8 Å². The number of rotatable bonds is 11. The number of halogens is 1. The highest BCUT2D eigenvalue weighted by atomic mass is 19.1. The van der Waals surface area contributed by atoms with Gasteiger partial charge in [-0.3, -0.25) is 0 Å². The minimum absolute atomic E-state index is 0.338. The molecule has 2 aliphatic rings. The molecule has 5 aromatic carbocycles. The number of ether oxygens (including phenoxy) is 6. The van der Waals surface area contributed by atoms with Gasteiger partial charge in [-0.25, -0.2) is 4.39 Å². The Labute approximate surface area is 291 Å². The largest absolute Gasteiger partial charge is 0.497 e. The second-order valence-electron chi connectivity index (χ2n) is 12.6. The van der Waals surface area contributed by atoms with Crippen molar-refractivity contribution in [3.05, 3.63) is 124 Å². The molecule has 1 atom stereocenters. The molecule has 8 heteroatoms. The van der Waals surface area contributed by atoms with E-state index < -0.39 is 11.0 Å². The number of benzene rings is 5. The van der Waals surface area contributed by atoms with Crippen LogP contribution in [0.1, 0.15) is 46.2 Å². The monoisotopic (exact) mass is 671 g/mol. The first-order valence-corrected chi connectivity index (χ1v) is 16.5. The maximum atomic E-state index is 14.4. The Morgan fingerprint density at radius 2 is 1.36 bits per heavy atom. The summed E-state index contributed by atoms with van der Waals surface area (Å²) in [6, 6.07) is 26.4. The number of hydrogen-bond donors (Lipinski definition) is 0. The van der Waals surface area contributed by atoms with Crippen LogP contribution >= 0.6 is 0 Å². The van der Waals surface area contributed by atoms with Crippen LogP contribution in [0.4, 0.5) is 4.39 Å². The van der Waals surface area contributed by atoms with E-state index in [1.165, 1.54) is 12.1 Å². The molecule has 0 radical (unpaired) electrons. The summed E-state index contributed by atoms with van der Waals surface area (Å²) in [5.41, 5.74) is 5.57. The van der Waals surface area contributed by atoms with Crippen LogP contribution in [0.2, 0.25) is 0 Å². The van der Waals surface area contributed by atoms with Crippen molar-refractivity contribution in [3.63, 3.8) is 0 Å². The Hall–Kier alpha value is -5.36. The summed E-state index contributed by atoms with van der Waals surface area (Å²) < 4.78 is 50.4. The van der Waals surface area contributed by atoms with E-state index in [2.05, 4.69) is 18.2 Å². The van der Waals surface area contributed by atoms with E-state index in [0.717, 1.165) is 49.7 Å². The average Bonchev–Trinajstić information content (AvgIpc) is 3.45. The van der Waals surface area contributed by atoms with Crippen LogP contribution in [-0.4, -0.2) is 48.8 Å². The minimum Gasteiger partial charge on any atom is -0.497 e. The zero-order chi connectivity index (χ0) is 35.0. The summed E-state index contributed by atoms with van der Waals surface area (Å²) in [6.07, 6.45) is 5.47. The van der Waals surface area contributed by atoms with E-state index in [-0.39, 0.29) is 5.82 Å². The summed E-state index contributed by atoms with van der Waals surface area (Å²) in [5, 5.41) is 11.8. The van der Waals surface area contributed by atoms with Gasteiger partial charge in [-0.1, -0.05) is 36.4 Å². The molecule has 0 N–H and O–H groups in total. The number of methoxy groups -OCH3 is 5. The zero-order valence-electron chi connectivity index (χ0n) is 28.8. The fourth-order valence-corrected chi connectivity index (χ4v) is 7.82. The van der Waals surface area contributed by atoms with Gasteiger partial charge in [0.2, 0.25) is 0 Å². The summed E-state index contributed by atoms with van der Waals surface area (Å²) in [7, 11) is 8.27. The number of hydrogen-bond acceptors (Lipinski definition) is 7. The predicted octanol–water partition coefficient (Wildman–Crippen LogP) is 8.57. The highest BCUT2D eigenvalue weighted by Crippen LogP contribution is 2.61. The van der Waals surface area contributed by atoms with Crippen molar-refractivity contribution >= 4 is 16.8 Å². The van der Waals surface area contributed by atoms with Crippen molar-refractivity contribution in [3.8, 4) is 40.2 Å². The van der Waals surface area contributed by atoms with Gasteiger partial charge in [-0.05, 0) is 95.1 Å². The molecule has 50 heavy (non-hydrogen) atoms. The van der Waals surface area contributed by atoms with Crippen molar-refractivity contribution in [2.24, 2.45) is 0 Å². The number of nitrogens with zero attached hydrogens (tertiary/aromatic N) is 1. The zero-order valence-corrected chi connectivity index (χ0v) is 28.8. The van der Waals surface area contributed by atoms with E-state index in [1.54, 1.807) is 47.7 Å². The van der Waals surface area contributed by atoms with Gasteiger partial charge in [0, 0.05) is 54.9 Å². The highest BCUT2D eigenvalue weighted by Gasteiger charge is 2.48. The topological polar surface area (TPSA) is 79.2 Å². The standard InChI is InChI=1S/C42H38FNO6/c1-45-20-18-41(19-21-46-2)35-22-26(25-44)6-15-31(35)38-33-23-36(48-4)37(49-5)24-34(33)40-32(39(38)41)16-17-42(50-40,27-7-11-29(43)12-8-27)28-9-13-30(47-3)14-10-28/h6-17,22-24H,18-21H2,1-5H3. The lowest BCUT2D eigenvalue weighted by molar-refractivity contribution is 0.143. The Balaban J connectivity index is 1.61. The van der Waals surface area contributed by atoms with Crippen molar-refractivity contribution in [1.82, 2.24) is 0 Å². The molecule has 0 bridgehead atoms. The molecular formula is C42H38FNO6. The van der Waals surface area contributed by atoms with Gasteiger partial charge in [0.25, 0.3) is 0 Å². The van der Waals surface area contributed by atoms with Gasteiger partial charge in [-0.2, -0.15) is 5.26 Å². The minimum atomic E-state index is -1.12. The van der Waals surface area contributed by atoms with Crippen molar-refractivity contribution < 1.29 is 32.8 Å². The fraction of sp³-hybridized carbons (Fsp3) is 0.262. The van der Waals surface area contributed by atoms with Crippen LogP contribution < -0.4 is 18.9 Å². The SMILES string of the molecule is COCCC1(CCOC)c2cc(C#N)ccc2-c2c1c1c(c3cc(OC)c(OC)cc23)OC(c2ccc(F)cc2)(c2ccc(OC)cc2)C=C1. The Bertz CT molecular complexity index is 2140. The molecule has 0 saturated heterocycles. The average molecular weight is 672 g/mol. The molecule has 0 fully saturated rings. The normalized spacial score (nSPS) is 16.6. The molecule has 254 valence electrons. The molecule has 0 aromatic heterocycles. The number of nitriles is 1. The van der Waals surface area contributed by atoms with Gasteiger partial charge < -0.3 is 28.4 Å². The lowest BCUT2D eigenvalue weighted by atomic mass is 9.70. The smallest absolute Gasteiger partial charge is 0.178 e. The quantitative estimate of drug-likeness (QED) is 0.139. The molecule has 0 amide bonds. The molecule has 1 aliphatic heterocycles. The van der Waals surface area contributed by atoms with Crippen LogP contribution in [0.3, 0.4) is 0 Å². The molecule has 5 aromatic rings. The van der Waals surface area contributed by atoms with E-state index in [0.29, 0.717) is 54.6 Å². The Morgan fingerprint density at radius 3 is 1.94 bits per heavy atom. The Kier molecular flexibility index (Phi) is 8.73.